The lowest BCUT2D eigenvalue weighted by Gasteiger charge is -2.36. The van der Waals surface area contributed by atoms with Gasteiger partial charge in [-0.25, -0.2) is 4.99 Å². The third kappa shape index (κ3) is 2.83. The van der Waals surface area contributed by atoms with E-state index in [0.29, 0.717) is 16.3 Å². The molecule has 0 unspecified atom stereocenters. The summed E-state index contributed by atoms with van der Waals surface area (Å²) in [4.78, 5) is 19.0. The quantitative estimate of drug-likeness (QED) is 0.847. The monoisotopic (exact) mass is 381 g/mol. The first kappa shape index (κ1) is 16.9. The Morgan fingerprint density at radius 3 is 2.50 bits per heavy atom. The third-order valence-electron chi connectivity index (χ3n) is 4.45. The number of amides is 1. The van der Waals surface area contributed by atoms with Crippen LogP contribution in [0.5, 0.6) is 0 Å². The van der Waals surface area contributed by atoms with Crippen molar-refractivity contribution in [3.63, 3.8) is 0 Å². The number of primary amides is 1. The number of nitrogens with two attached hydrogens (primary N) is 1. The molecule has 0 radical (unpaired) electrons. The molecule has 4 nitrogen and oxygen atoms in total. The van der Waals surface area contributed by atoms with Crippen molar-refractivity contribution in [1.82, 2.24) is 4.90 Å². The number of benzene rings is 2. The van der Waals surface area contributed by atoms with Crippen molar-refractivity contribution in [2.24, 2.45) is 10.7 Å². The fourth-order valence-electron chi connectivity index (χ4n) is 3.28. The lowest BCUT2D eigenvalue weighted by molar-refractivity contribution is -0.115. The SMILES string of the molecule is CC1=C(C(N)=O)[C@@H](c2ccccc2)N2C(c3ccc(Cl)cc3)=CSC2=N1. The number of amidine groups is 1. The van der Waals surface area contributed by atoms with Gasteiger partial charge in [0.25, 0.3) is 0 Å². The molecule has 6 heteroatoms. The number of carbonyl (C=O) groups is 1. The van der Waals surface area contributed by atoms with E-state index in [4.69, 9.17) is 17.3 Å². The molecule has 0 spiro atoms. The zero-order valence-electron chi connectivity index (χ0n) is 14.0. The maximum Gasteiger partial charge on any atom is 0.248 e. The predicted molar refractivity (Wildman–Crippen MR) is 107 cm³/mol. The Bertz CT molecular complexity index is 964. The van der Waals surface area contributed by atoms with Crippen LogP contribution in [0.2, 0.25) is 5.02 Å². The smallest absolute Gasteiger partial charge is 0.248 e. The molecule has 2 N–H and O–H groups in total. The third-order valence-corrected chi connectivity index (χ3v) is 5.54. The van der Waals surface area contributed by atoms with Gasteiger partial charge in [0.2, 0.25) is 5.91 Å². The van der Waals surface area contributed by atoms with Crippen molar-refractivity contribution >= 4 is 40.1 Å². The van der Waals surface area contributed by atoms with E-state index in [-0.39, 0.29) is 6.04 Å². The lowest BCUT2D eigenvalue weighted by atomic mass is 9.93. The van der Waals surface area contributed by atoms with Crippen LogP contribution < -0.4 is 5.73 Å². The Morgan fingerprint density at radius 1 is 1.15 bits per heavy atom. The Labute approximate surface area is 161 Å². The molecule has 0 fully saturated rings. The molecule has 2 aromatic rings. The Balaban J connectivity index is 1.87. The van der Waals surface area contributed by atoms with E-state index in [2.05, 4.69) is 15.3 Å². The van der Waals surface area contributed by atoms with Gasteiger partial charge in [-0.3, -0.25) is 4.79 Å². The van der Waals surface area contributed by atoms with Gasteiger partial charge in [0, 0.05) is 10.4 Å². The van der Waals surface area contributed by atoms with Crippen LogP contribution in [0.15, 0.2) is 76.3 Å². The minimum atomic E-state index is -0.452. The first-order valence-electron chi connectivity index (χ1n) is 8.12. The van der Waals surface area contributed by atoms with Crippen molar-refractivity contribution < 1.29 is 4.79 Å². The van der Waals surface area contributed by atoms with Crippen molar-refractivity contribution in [2.45, 2.75) is 13.0 Å². The molecule has 2 heterocycles. The standard InChI is InChI=1S/C20H16ClN3OS/c1-12-17(19(22)25)18(14-5-3-2-4-6-14)24-16(11-26-20(24)23-12)13-7-9-15(21)10-8-13/h2-11,18H,1H3,(H2,22,25)/t18-/m1/s1. The second-order valence-corrected chi connectivity index (χ2v) is 7.34. The average molecular weight is 382 g/mol. The number of nitrogens with zero attached hydrogens (tertiary/aromatic N) is 2. The van der Waals surface area contributed by atoms with E-state index in [0.717, 1.165) is 22.0 Å². The summed E-state index contributed by atoms with van der Waals surface area (Å²) in [6.45, 7) is 1.83. The van der Waals surface area contributed by atoms with Gasteiger partial charge in [0.05, 0.1) is 23.0 Å². The minimum Gasteiger partial charge on any atom is -0.366 e. The summed E-state index contributed by atoms with van der Waals surface area (Å²) < 4.78 is 0. The average Bonchev–Trinajstić information content (AvgIpc) is 3.05. The normalized spacial score (nSPS) is 19.2. The van der Waals surface area contributed by atoms with Gasteiger partial charge >= 0.3 is 0 Å². The van der Waals surface area contributed by atoms with Gasteiger partial charge in [-0.2, -0.15) is 0 Å². The van der Waals surface area contributed by atoms with Gasteiger partial charge in [0.1, 0.15) is 0 Å². The molecule has 1 atom stereocenters. The van der Waals surface area contributed by atoms with Crippen LogP contribution in [-0.4, -0.2) is 16.0 Å². The highest BCUT2D eigenvalue weighted by Crippen LogP contribution is 2.46. The fraction of sp³-hybridized carbons (Fsp3) is 0.100. The van der Waals surface area contributed by atoms with Crippen molar-refractivity contribution in [3.8, 4) is 0 Å². The summed E-state index contributed by atoms with van der Waals surface area (Å²) in [5.41, 5.74) is 9.90. The van der Waals surface area contributed by atoms with E-state index in [1.54, 1.807) is 11.8 Å². The van der Waals surface area contributed by atoms with Crippen LogP contribution in [0, 0.1) is 0 Å². The number of halogens is 1. The van der Waals surface area contributed by atoms with Gasteiger partial charge < -0.3 is 10.6 Å². The van der Waals surface area contributed by atoms with Crippen LogP contribution in [-0.2, 0) is 4.79 Å². The maximum atomic E-state index is 12.2. The number of hydrogen-bond donors (Lipinski definition) is 1. The van der Waals surface area contributed by atoms with E-state index in [9.17, 15) is 4.79 Å². The largest absolute Gasteiger partial charge is 0.366 e. The predicted octanol–water partition coefficient (Wildman–Crippen LogP) is 4.56. The molecule has 0 aliphatic carbocycles. The lowest BCUT2D eigenvalue weighted by Crippen LogP contribution is -2.37. The maximum absolute atomic E-state index is 12.2. The van der Waals surface area contributed by atoms with Crippen LogP contribution >= 0.6 is 23.4 Å². The van der Waals surface area contributed by atoms with E-state index < -0.39 is 5.91 Å². The fourth-order valence-corrected chi connectivity index (χ4v) is 4.38. The summed E-state index contributed by atoms with van der Waals surface area (Å²) in [5.74, 6) is -0.452. The number of rotatable bonds is 3. The number of fused-ring (bicyclic) bond motifs is 1. The van der Waals surface area contributed by atoms with Crippen molar-refractivity contribution in [1.29, 1.82) is 0 Å². The molecular formula is C20H16ClN3OS. The van der Waals surface area contributed by atoms with Gasteiger partial charge in [0.15, 0.2) is 5.17 Å². The molecule has 1 amide bonds. The number of carbonyl (C=O) groups excluding carboxylic acids is 1. The van der Waals surface area contributed by atoms with E-state index in [1.807, 2.05) is 61.5 Å². The molecule has 0 saturated carbocycles. The molecular weight excluding hydrogens is 366 g/mol. The number of thioether (sulfide) groups is 1. The van der Waals surface area contributed by atoms with Crippen LogP contribution in [0.3, 0.4) is 0 Å². The summed E-state index contributed by atoms with van der Waals surface area (Å²) in [5, 5.41) is 3.57. The summed E-state index contributed by atoms with van der Waals surface area (Å²) in [6.07, 6.45) is 0. The molecule has 0 saturated heterocycles. The highest BCUT2D eigenvalue weighted by molar-refractivity contribution is 8.16. The molecule has 26 heavy (non-hydrogen) atoms. The topological polar surface area (TPSA) is 58.7 Å². The van der Waals surface area contributed by atoms with Gasteiger partial charge in [-0.1, -0.05) is 65.8 Å². The minimum absolute atomic E-state index is 0.307. The molecule has 2 aliphatic rings. The van der Waals surface area contributed by atoms with Gasteiger partial charge in [-0.15, -0.1) is 0 Å². The molecule has 0 aromatic heterocycles. The van der Waals surface area contributed by atoms with E-state index >= 15 is 0 Å². The molecule has 2 aliphatic heterocycles. The van der Waals surface area contributed by atoms with Crippen LogP contribution in [0.4, 0.5) is 0 Å². The number of allylic oxidation sites excluding steroid dienone is 1. The Hall–Kier alpha value is -2.50. The second kappa shape index (κ2) is 6.67. The highest BCUT2D eigenvalue weighted by Gasteiger charge is 2.39. The molecule has 2 aromatic carbocycles. The molecule has 4 rings (SSSR count). The zero-order valence-corrected chi connectivity index (χ0v) is 15.6. The first-order chi connectivity index (χ1) is 12.6. The van der Waals surface area contributed by atoms with Gasteiger partial charge in [-0.05, 0) is 30.2 Å². The van der Waals surface area contributed by atoms with E-state index in [1.165, 1.54) is 0 Å². The van der Waals surface area contributed by atoms with Crippen molar-refractivity contribution in [2.75, 3.05) is 0 Å². The Kier molecular flexibility index (Phi) is 4.34. The summed E-state index contributed by atoms with van der Waals surface area (Å²) >= 11 is 7.58. The van der Waals surface area contributed by atoms with Crippen LogP contribution in [0.25, 0.3) is 5.70 Å². The summed E-state index contributed by atoms with van der Waals surface area (Å²) in [7, 11) is 0. The van der Waals surface area contributed by atoms with Crippen molar-refractivity contribution in [3.05, 3.63) is 87.4 Å². The first-order valence-corrected chi connectivity index (χ1v) is 9.38. The highest BCUT2D eigenvalue weighted by atomic mass is 35.5. The zero-order chi connectivity index (χ0) is 18.3. The number of aliphatic imine (C=N–C) groups is 1. The summed E-state index contributed by atoms with van der Waals surface area (Å²) in [6, 6.07) is 17.2. The Morgan fingerprint density at radius 2 is 1.85 bits per heavy atom. The molecule has 0 bridgehead atoms. The molecule has 130 valence electrons. The second-order valence-electron chi connectivity index (χ2n) is 6.07. The van der Waals surface area contributed by atoms with Crippen LogP contribution in [0.1, 0.15) is 24.1 Å². The number of hydrogen-bond acceptors (Lipinski definition) is 4.